The normalized spacial score (nSPS) is 17.6. The fourth-order valence-corrected chi connectivity index (χ4v) is 2.93. The molecule has 1 atom stereocenters. The Morgan fingerprint density at radius 3 is 2.92 bits per heavy atom. The Morgan fingerprint density at radius 1 is 1.36 bits per heavy atom. The van der Waals surface area contributed by atoms with Crippen molar-refractivity contribution in [2.75, 3.05) is 32.1 Å². The third-order valence-electron chi connectivity index (χ3n) is 4.20. The highest BCUT2D eigenvalue weighted by Gasteiger charge is 2.30. The van der Waals surface area contributed by atoms with Gasteiger partial charge in [-0.15, -0.1) is 0 Å². The topological polar surface area (TPSA) is 85.2 Å². The monoisotopic (exact) mass is 344 g/mol. The van der Waals surface area contributed by atoms with Gasteiger partial charge in [0.1, 0.15) is 11.9 Å². The lowest BCUT2D eigenvalue weighted by atomic mass is 10.2. The van der Waals surface area contributed by atoms with Crippen LogP contribution in [0.1, 0.15) is 29.7 Å². The van der Waals surface area contributed by atoms with Crippen LogP contribution in [-0.4, -0.2) is 57.4 Å². The highest BCUT2D eigenvalue weighted by molar-refractivity contribution is 5.76. The van der Waals surface area contributed by atoms with Gasteiger partial charge in [0, 0.05) is 44.5 Å². The van der Waals surface area contributed by atoms with Crippen molar-refractivity contribution < 1.29 is 9.53 Å². The first kappa shape index (κ1) is 17.3. The summed E-state index contributed by atoms with van der Waals surface area (Å²) in [6, 6.07) is 3.55. The Kier molecular flexibility index (Phi) is 5.28. The molecule has 25 heavy (non-hydrogen) atoms. The average Bonchev–Trinajstić information content (AvgIpc) is 3.04. The highest BCUT2D eigenvalue weighted by atomic mass is 16.5. The number of anilines is 1. The maximum atomic E-state index is 12.8. The number of rotatable bonds is 5. The van der Waals surface area contributed by atoms with Crippen molar-refractivity contribution in [2.45, 2.75) is 32.9 Å². The van der Waals surface area contributed by atoms with Gasteiger partial charge in [0.2, 0.25) is 5.91 Å². The molecule has 8 heteroatoms. The van der Waals surface area contributed by atoms with Gasteiger partial charge in [-0.3, -0.25) is 9.48 Å². The minimum absolute atomic E-state index is 0.0672. The largest absolute Gasteiger partial charge is 0.377 e. The Bertz CT molecular complexity index is 744. The number of morpholine rings is 1. The molecule has 8 nitrogen and oxygen atoms in total. The van der Waals surface area contributed by atoms with Crippen LogP contribution in [0.3, 0.4) is 0 Å². The van der Waals surface area contributed by atoms with Crippen LogP contribution in [0.15, 0.2) is 18.3 Å². The van der Waals surface area contributed by atoms with Crippen molar-refractivity contribution in [3.8, 4) is 0 Å². The number of hydrogen-bond acceptors (Lipinski definition) is 6. The van der Waals surface area contributed by atoms with Crippen molar-refractivity contribution in [2.24, 2.45) is 0 Å². The smallest absolute Gasteiger partial charge is 0.225 e. The molecule has 3 heterocycles. The molecule has 1 aliphatic heterocycles. The molecule has 1 fully saturated rings. The molecule has 0 saturated carbocycles. The first-order valence-electron chi connectivity index (χ1n) is 8.47. The first-order valence-corrected chi connectivity index (χ1v) is 8.47. The van der Waals surface area contributed by atoms with E-state index in [1.165, 1.54) is 0 Å². The second-order valence-corrected chi connectivity index (χ2v) is 6.15. The van der Waals surface area contributed by atoms with Crippen molar-refractivity contribution in [3.63, 3.8) is 0 Å². The summed E-state index contributed by atoms with van der Waals surface area (Å²) in [5.41, 5.74) is 1.81. The molecular weight excluding hydrogens is 320 g/mol. The zero-order chi connectivity index (χ0) is 17.8. The summed E-state index contributed by atoms with van der Waals surface area (Å²) < 4.78 is 7.38. The summed E-state index contributed by atoms with van der Waals surface area (Å²) >= 11 is 0. The second-order valence-electron chi connectivity index (χ2n) is 6.15. The number of amides is 1. The number of aryl methyl sites for hydroxylation is 3. The summed E-state index contributed by atoms with van der Waals surface area (Å²) in [5, 5.41) is 7.36. The zero-order valence-corrected chi connectivity index (χ0v) is 14.9. The first-order chi connectivity index (χ1) is 12.1. The van der Waals surface area contributed by atoms with E-state index < -0.39 is 0 Å². The van der Waals surface area contributed by atoms with E-state index in [0.29, 0.717) is 38.5 Å². The molecule has 1 saturated heterocycles. The fraction of sp³-hybridized carbons (Fsp3) is 0.529. The van der Waals surface area contributed by atoms with E-state index in [1.54, 1.807) is 4.68 Å². The SMILES string of the molecule is CNc1cc(C)nc([C@@H]2COCCN2C(=O)CCn2ccc(C)n2)n1. The van der Waals surface area contributed by atoms with E-state index in [1.807, 2.05) is 44.1 Å². The zero-order valence-electron chi connectivity index (χ0n) is 14.9. The van der Waals surface area contributed by atoms with Crippen LogP contribution in [0.5, 0.6) is 0 Å². The molecule has 0 spiro atoms. The van der Waals surface area contributed by atoms with E-state index in [0.717, 1.165) is 17.2 Å². The van der Waals surface area contributed by atoms with Gasteiger partial charge in [-0.2, -0.15) is 5.10 Å². The Hall–Kier alpha value is -2.48. The van der Waals surface area contributed by atoms with Crippen LogP contribution < -0.4 is 5.32 Å². The molecule has 2 aromatic rings. The van der Waals surface area contributed by atoms with E-state index >= 15 is 0 Å². The van der Waals surface area contributed by atoms with Crippen molar-refractivity contribution in [1.82, 2.24) is 24.6 Å². The summed E-state index contributed by atoms with van der Waals surface area (Å²) in [6.07, 6.45) is 2.28. The number of carbonyl (C=O) groups is 1. The maximum Gasteiger partial charge on any atom is 0.225 e. The molecule has 0 unspecified atom stereocenters. The van der Waals surface area contributed by atoms with Crippen LogP contribution in [-0.2, 0) is 16.1 Å². The molecule has 134 valence electrons. The Balaban J connectivity index is 1.73. The average molecular weight is 344 g/mol. The van der Waals surface area contributed by atoms with Crippen LogP contribution >= 0.6 is 0 Å². The lowest BCUT2D eigenvalue weighted by Crippen LogP contribution is -2.44. The van der Waals surface area contributed by atoms with E-state index in [-0.39, 0.29) is 11.9 Å². The lowest BCUT2D eigenvalue weighted by molar-refractivity contribution is -0.140. The van der Waals surface area contributed by atoms with Gasteiger partial charge >= 0.3 is 0 Å². The van der Waals surface area contributed by atoms with Gasteiger partial charge in [0.25, 0.3) is 0 Å². The minimum Gasteiger partial charge on any atom is -0.377 e. The van der Waals surface area contributed by atoms with Crippen LogP contribution in [0.25, 0.3) is 0 Å². The van der Waals surface area contributed by atoms with Crippen LogP contribution in [0.4, 0.5) is 5.82 Å². The van der Waals surface area contributed by atoms with E-state index in [2.05, 4.69) is 20.4 Å². The van der Waals surface area contributed by atoms with Crippen molar-refractivity contribution in [1.29, 1.82) is 0 Å². The Morgan fingerprint density at radius 2 is 2.20 bits per heavy atom. The van der Waals surface area contributed by atoms with E-state index in [4.69, 9.17) is 4.74 Å². The second kappa shape index (κ2) is 7.60. The number of ether oxygens (including phenoxy) is 1. The van der Waals surface area contributed by atoms with E-state index in [9.17, 15) is 4.79 Å². The number of hydrogen-bond donors (Lipinski definition) is 1. The number of nitrogens with zero attached hydrogens (tertiary/aromatic N) is 5. The van der Waals surface area contributed by atoms with Gasteiger partial charge in [0.15, 0.2) is 5.82 Å². The van der Waals surface area contributed by atoms with Crippen molar-refractivity contribution >= 4 is 11.7 Å². The quantitative estimate of drug-likeness (QED) is 0.880. The molecule has 1 aliphatic rings. The molecule has 0 aromatic carbocycles. The van der Waals surface area contributed by atoms with Crippen LogP contribution in [0.2, 0.25) is 0 Å². The fourth-order valence-electron chi connectivity index (χ4n) is 2.93. The predicted octanol–water partition coefficient (Wildman–Crippen LogP) is 1.32. The number of carbonyl (C=O) groups excluding carboxylic acids is 1. The molecule has 0 bridgehead atoms. The van der Waals surface area contributed by atoms with Gasteiger partial charge in [-0.05, 0) is 19.9 Å². The maximum absolute atomic E-state index is 12.8. The van der Waals surface area contributed by atoms with Crippen molar-refractivity contribution in [3.05, 3.63) is 35.5 Å². The number of nitrogens with one attached hydrogen (secondary N) is 1. The summed E-state index contributed by atoms with van der Waals surface area (Å²) in [4.78, 5) is 23.6. The molecule has 0 radical (unpaired) electrons. The van der Waals surface area contributed by atoms with Gasteiger partial charge in [-0.25, -0.2) is 9.97 Å². The van der Waals surface area contributed by atoms with Gasteiger partial charge in [0.05, 0.1) is 18.9 Å². The molecule has 1 amide bonds. The molecule has 2 aromatic heterocycles. The molecule has 1 N–H and O–H groups in total. The van der Waals surface area contributed by atoms with Crippen LogP contribution in [0, 0.1) is 13.8 Å². The lowest BCUT2D eigenvalue weighted by Gasteiger charge is -2.35. The number of aromatic nitrogens is 4. The summed E-state index contributed by atoms with van der Waals surface area (Å²) in [7, 11) is 1.82. The third kappa shape index (κ3) is 4.14. The minimum atomic E-state index is -0.257. The molecule has 0 aliphatic carbocycles. The summed E-state index contributed by atoms with van der Waals surface area (Å²) in [5.74, 6) is 1.43. The molecular formula is C17H24N6O2. The predicted molar refractivity (Wildman–Crippen MR) is 93.2 cm³/mol. The Labute approximate surface area is 147 Å². The van der Waals surface area contributed by atoms with Gasteiger partial charge in [-0.1, -0.05) is 0 Å². The standard InChI is InChI=1S/C17H24N6O2/c1-12-4-6-22(21-12)7-5-16(24)23-8-9-25-11-14(23)17-19-13(2)10-15(18-3)20-17/h4,6,10,14H,5,7-9,11H2,1-3H3,(H,18,19,20)/t14-/m0/s1. The van der Waals surface area contributed by atoms with Gasteiger partial charge < -0.3 is 15.0 Å². The molecule has 3 rings (SSSR count). The third-order valence-corrected chi connectivity index (χ3v) is 4.20. The highest BCUT2D eigenvalue weighted by Crippen LogP contribution is 2.23. The summed E-state index contributed by atoms with van der Waals surface area (Å²) in [6.45, 7) is 5.92.